The Labute approximate surface area is 107 Å². The van der Waals surface area contributed by atoms with Gasteiger partial charge in [-0.1, -0.05) is 12.1 Å². The van der Waals surface area contributed by atoms with Gasteiger partial charge in [0.05, 0.1) is 0 Å². The number of hydrogen-bond donors (Lipinski definition) is 0. The van der Waals surface area contributed by atoms with Gasteiger partial charge in [0.15, 0.2) is 0 Å². The highest BCUT2D eigenvalue weighted by Crippen LogP contribution is 2.16. The van der Waals surface area contributed by atoms with Gasteiger partial charge in [-0.05, 0) is 45.4 Å². The summed E-state index contributed by atoms with van der Waals surface area (Å²) in [7, 11) is -4.13. The number of aryl methyl sites for hydroxylation is 1. The Morgan fingerprint density at radius 3 is 2.33 bits per heavy atom. The van der Waals surface area contributed by atoms with E-state index in [-0.39, 0.29) is 4.90 Å². The van der Waals surface area contributed by atoms with Crippen LogP contribution in [-0.2, 0) is 19.0 Å². The number of hydrogen-bond acceptors (Lipinski definition) is 5. The largest absolute Gasteiger partial charge is 0.525 e. The Morgan fingerprint density at radius 2 is 1.83 bits per heavy atom. The molecule has 0 N–H and O–H groups in total. The van der Waals surface area contributed by atoms with Crippen molar-refractivity contribution in [3.63, 3.8) is 0 Å². The summed E-state index contributed by atoms with van der Waals surface area (Å²) < 4.78 is 32.7. The normalized spacial score (nSPS) is 12.0. The van der Waals surface area contributed by atoms with Crippen LogP contribution >= 0.6 is 0 Å². The highest BCUT2D eigenvalue weighted by atomic mass is 32.2. The predicted octanol–water partition coefficient (Wildman–Crippen LogP) is 2.64. The van der Waals surface area contributed by atoms with E-state index in [1.807, 2.05) is 0 Å². The van der Waals surface area contributed by atoms with Crippen molar-refractivity contribution in [3.8, 4) is 0 Å². The van der Waals surface area contributed by atoms with E-state index in [1.165, 1.54) is 12.1 Å². The molecule has 0 saturated carbocycles. The zero-order valence-electron chi connectivity index (χ0n) is 10.8. The third kappa shape index (κ3) is 4.37. The summed E-state index contributed by atoms with van der Waals surface area (Å²) in [6.45, 7) is 6.60. The molecule has 0 atom stereocenters. The van der Waals surface area contributed by atoms with Gasteiger partial charge in [0.1, 0.15) is 10.5 Å². The number of carbonyl (C=O) groups is 1. The van der Waals surface area contributed by atoms with Crippen LogP contribution in [0, 0.1) is 6.92 Å². The topological polar surface area (TPSA) is 69.7 Å². The Hall–Kier alpha value is -1.56. The monoisotopic (exact) mass is 272 g/mol. The molecule has 0 radical (unpaired) electrons. The van der Waals surface area contributed by atoms with Gasteiger partial charge >= 0.3 is 16.3 Å². The molecule has 0 aliphatic carbocycles. The summed E-state index contributed by atoms with van der Waals surface area (Å²) in [4.78, 5) is 11.2. The van der Waals surface area contributed by atoms with E-state index in [4.69, 9.17) is 4.74 Å². The molecule has 0 spiro atoms. The summed E-state index contributed by atoms with van der Waals surface area (Å²) in [5.74, 6) is 0. The number of benzene rings is 1. The molecule has 0 heterocycles. The van der Waals surface area contributed by atoms with Crippen LogP contribution in [0.5, 0.6) is 0 Å². The molecule has 0 unspecified atom stereocenters. The fourth-order valence-electron chi connectivity index (χ4n) is 1.18. The summed E-state index contributed by atoms with van der Waals surface area (Å²) in [6, 6.07) is 6.08. The van der Waals surface area contributed by atoms with E-state index in [2.05, 4.69) is 4.18 Å². The van der Waals surface area contributed by atoms with E-state index in [1.54, 1.807) is 39.8 Å². The first-order valence-corrected chi connectivity index (χ1v) is 6.75. The maximum absolute atomic E-state index is 11.8. The van der Waals surface area contributed by atoms with Crippen molar-refractivity contribution >= 4 is 16.3 Å². The third-order valence-electron chi connectivity index (χ3n) is 1.85. The van der Waals surface area contributed by atoms with Crippen LogP contribution < -0.4 is 0 Å². The Kier molecular flexibility index (Phi) is 4.01. The average Bonchev–Trinajstić information content (AvgIpc) is 2.13. The summed E-state index contributed by atoms with van der Waals surface area (Å²) in [5.41, 5.74) is -0.0528. The fraction of sp³-hybridized carbons (Fsp3) is 0.417. The number of carbonyl (C=O) groups excluding carboxylic acids is 1. The van der Waals surface area contributed by atoms with Crippen LogP contribution in [0.25, 0.3) is 0 Å². The van der Waals surface area contributed by atoms with Gasteiger partial charge in [-0.15, -0.1) is 0 Å². The van der Waals surface area contributed by atoms with Crippen molar-refractivity contribution in [1.82, 2.24) is 0 Å². The molecule has 0 aromatic heterocycles. The lowest BCUT2D eigenvalue weighted by molar-refractivity contribution is 0.0222. The summed E-state index contributed by atoms with van der Waals surface area (Å²) >= 11 is 0. The van der Waals surface area contributed by atoms with Gasteiger partial charge in [-0.2, -0.15) is 8.42 Å². The molecule has 1 rings (SSSR count). The van der Waals surface area contributed by atoms with Gasteiger partial charge in [-0.3, -0.25) is 0 Å². The van der Waals surface area contributed by atoms with Crippen molar-refractivity contribution in [2.45, 2.75) is 38.2 Å². The maximum Gasteiger partial charge on any atom is 0.525 e. The summed E-state index contributed by atoms with van der Waals surface area (Å²) in [6.07, 6.45) is -1.23. The first kappa shape index (κ1) is 14.5. The molecular formula is C12H16O5S. The minimum atomic E-state index is -4.13. The van der Waals surface area contributed by atoms with E-state index < -0.39 is 21.9 Å². The fourth-order valence-corrected chi connectivity index (χ4v) is 2.06. The first-order chi connectivity index (χ1) is 8.10. The van der Waals surface area contributed by atoms with Crippen molar-refractivity contribution in [2.24, 2.45) is 0 Å². The van der Waals surface area contributed by atoms with Crippen LogP contribution in [0.3, 0.4) is 0 Å². The zero-order valence-corrected chi connectivity index (χ0v) is 11.6. The van der Waals surface area contributed by atoms with Crippen molar-refractivity contribution in [1.29, 1.82) is 0 Å². The lowest BCUT2D eigenvalue weighted by atomic mass is 10.2. The first-order valence-electron chi connectivity index (χ1n) is 5.34. The van der Waals surface area contributed by atoms with E-state index in [0.717, 1.165) is 5.56 Å². The molecule has 5 nitrogen and oxygen atoms in total. The second-order valence-electron chi connectivity index (χ2n) is 4.82. The van der Waals surface area contributed by atoms with E-state index >= 15 is 0 Å². The van der Waals surface area contributed by atoms with Gasteiger partial charge < -0.3 is 8.92 Å². The van der Waals surface area contributed by atoms with Gasteiger partial charge in [0, 0.05) is 0 Å². The van der Waals surface area contributed by atoms with Crippen LogP contribution in [0.2, 0.25) is 0 Å². The Balaban J connectivity index is 2.87. The van der Waals surface area contributed by atoms with Crippen LogP contribution in [0.15, 0.2) is 29.2 Å². The van der Waals surface area contributed by atoms with Gasteiger partial charge in [0.25, 0.3) is 0 Å². The Bertz CT molecular complexity index is 540. The van der Waals surface area contributed by atoms with Crippen molar-refractivity contribution in [3.05, 3.63) is 29.8 Å². The molecule has 1 aromatic carbocycles. The van der Waals surface area contributed by atoms with Crippen LogP contribution in [0.4, 0.5) is 4.79 Å². The lowest BCUT2D eigenvalue weighted by Gasteiger charge is -2.18. The van der Waals surface area contributed by atoms with Gasteiger partial charge in [-0.25, -0.2) is 4.79 Å². The SMILES string of the molecule is Cc1cccc(S(=O)(=O)OC(=O)OC(C)(C)C)c1. The summed E-state index contributed by atoms with van der Waals surface area (Å²) in [5, 5.41) is 0. The molecule has 0 amide bonds. The molecule has 0 aliphatic heterocycles. The highest BCUT2D eigenvalue weighted by molar-refractivity contribution is 7.87. The molecule has 18 heavy (non-hydrogen) atoms. The zero-order chi connectivity index (χ0) is 14.0. The molecule has 0 bridgehead atoms. The lowest BCUT2D eigenvalue weighted by Crippen LogP contribution is -2.26. The van der Waals surface area contributed by atoms with Crippen molar-refractivity contribution < 1.29 is 22.1 Å². The smallest absolute Gasteiger partial charge is 0.428 e. The molecule has 0 aliphatic rings. The predicted molar refractivity (Wildman–Crippen MR) is 65.7 cm³/mol. The van der Waals surface area contributed by atoms with E-state index in [9.17, 15) is 13.2 Å². The molecule has 0 fully saturated rings. The number of ether oxygens (including phenoxy) is 1. The second-order valence-corrected chi connectivity index (χ2v) is 6.36. The van der Waals surface area contributed by atoms with Crippen molar-refractivity contribution in [2.75, 3.05) is 0 Å². The maximum atomic E-state index is 11.8. The minimum Gasteiger partial charge on any atom is -0.428 e. The van der Waals surface area contributed by atoms with Crippen LogP contribution in [-0.4, -0.2) is 20.2 Å². The average molecular weight is 272 g/mol. The quantitative estimate of drug-likeness (QED) is 0.611. The molecule has 100 valence electrons. The third-order valence-corrected chi connectivity index (χ3v) is 3.03. The number of rotatable bonds is 2. The highest BCUT2D eigenvalue weighted by Gasteiger charge is 2.25. The minimum absolute atomic E-state index is 0.0756. The van der Waals surface area contributed by atoms with Crippen LogP contribution in [0.1, 0.15) is 26.3 Å². The standard InChI is InChI=1S/C12H16O5S/c1-9-6-5-7-10(8-9)18(14,15)17-11(13)16-12(2,3)4/h5-8H,1-4H3. The molecule has 0 saturated heterocycles. The molecular weight excluding hydrogens is 256 g/mol. The molecule has 1 aromatic rings. The van der Waals surface area contributed by atoms with Gasteiger partial charge in [0.2, 0.25) is 0 Å². The second kappa shape index (κ2) is 4.97. The Morgan fingerprint density at radius 1 is 1.22 bits per heavy atom. The van der Waals surface area contributed by atoms with E-state index in [0.29, 0.717) is 0 Å². The molecule has 6 heteroatoms.